The molecule has 2 amide bonds. The normalized spacial score (nSPS) is 20.2. The van der Waals surface area contributed by atoms with Gasteiger partial charge in [0, 0.05) is 43.6 Å². The average Bonchev–Trinajstić information content (AvgIpc) is 3.48. The fourth-order valence-corrected chi connectivity index (χ4v) is 4.43. The number of hydrogen-bond acceptors (Lipinski definition) is 5. The summed E-state index contributed by atoms with van der Waals surface area (Å²) in [5.41, 5.74) is 0.710. The van der Waals surface area contributed by atoms with Crippen LogP contribution in [0.4, 0.5) is 5.69 Å². The van der Waals surface area contributed by atoms with Crippen molar-refractivity contribution >= 4 is 17.5 Å². The predicted molar refractivity (Wildman–Crippen MR) is 105 cm³/mol. The quantitative estimate of drug-likeness (QED) is 0.853. The van der Waals surface area contributed by atoms with Crippen LogP contribution in [0.1, 0.15) is 49.1 Å². The van der Waals surface area contributed by atoms with E-state index >= 15 is 0 Å². The second kappa shape index (κ2) is 7.13. The van der Waals surface area contributed by atoms with E-state index < -0.39 is 5.79 Å². The number of ether oxygens (including phenoxy) is 2. The molecule has 0 unspecified atom stereocenters. The predicted octanol–water partition coefficient (Wildman–Crippen LogP) is 3.81. The first kappa shape index (κ1) is 18.1. The highest BCUT2D eigenvalue weighted by atomic mass is 16.7. The number of nitrogens with one attached hydrogen (secondary N) is 1. The number of carbonyl (C=O) groups is 2. The van der Waals surface area contributed by atoms with Crippen LogP contribution in [0, 0.1) is 5.92 Å². The number of anilines is 1. The first-order valence-corrected chi connectivity index (χ1v) is 10.3. The van der Waals surface area contributed by atoms with Gasteiger partial charge in [-0.2, -0.15) is 0 Å². The molecule has 5 rings (SSSR count). The maximum atomic E-state index is 12.7. The molecule has 7 nitrogen and oxygen atoms in total. The SMILES string of the molecule is O=C(Nc1ccc2c(c1)OC1(CCCC1)O2)C1CCN(C(=O)c2ccco2)CC1. The molecule has 2 fully saturated rings. The highest BCUT2D eigenvalue weighted by molar-refractivity contribution is 5.94. The molecule has 1 N–H and O–H groups in total. The van der Waals surface area contributed by atoms with E-state index in [0.29, 0.717) is 43.1 Å². The molecule has 1 aliphatic carbocycles. The number of likely N-dealkylation sites (tertiary alicyclic amines) is 1. The van der Waals surface area contributed by atoms with Gasteiger partial charge >= 0.3 is 0 Å². The lowest BCUT2D eigenvalue weighted by Crippen LogP contribution is -2.41. The van der Waals surface area contributed by atoms with E-state index in [1.54, 1.807) is 17.0 Å². The topological polar surface area (TPSA) is 81.0 Å². The summed E-state index contributed by atoms with van der Waals surface area (Å²) in [7, 11) is 0. The number of hydrogen-bond donors (Lipinski definition) is 1. The lowest BCUT2D eigenvalue weighted by molar-refractivity contribution is -0.121. The number of fused-ring (bicyclic) bond motifs is 1. The molecular formula is C22H24N2O5. The molecule has 3 aliphatic rings. The fraction of sp³-hybridized carbons (Fsp3) is 0.455. The van der Waals surface area contributed by atoms with Gasteiger partial charge in [-0.1, -0.05) is 0 Å². The standard InChI is InChI=1S/C22H24N2O5/c25-20(15-7-11-24(12-8-15)21(26)18-4-3-13-27-18)23-16-5-6-17-19(14-16)29-22(28-17)9-1-2-10-22/h3-6,13-15H,1-2,7-12H2,(H,23,25). The molecule has 3 heterocycles. The number of amides is 2. The van der Waals surface area contributed by atoms with Crippen LogP contribution in [-0.2, 0) is 4.79 Å². The monoisotopic (exact) mass is 396 g/mol. The van der Waals surface area contributed by atoms with E-state index in [2.05, 4.69) is 5.32 Å². The Kier molecular flexibility index (Phi) is 4.45. The Morgan fingerprint density at radius 2 is 1.79 bits per heavy atom. The van der Waals surface area contributed by atoms with Gasteiger partial charge in [0.1, 0.15) is 0 Å². The molecule has 0 atom stereocenters. The first-order valence-electron chi connectivity index (χ1n) is 10.3. The summed E-state index contributed by atoms with van der Waals surface area (Å²) in [5.74, 6) is 1.02. The van der Waals surface area contributed by atoms with Gasteiger partial charge in [0.15, 0.2) is 17.3 Å². The number of carbonyl (C=O) groups excluding carboxylic acids is 2. The van der Waals surface area contributed by atoms with Gasteiger partial charge in [-0.3, -0.25) is 9.59 Å². The summed E-state index contributed by atoms with van der Waals surface area (Å²) >= 11 is 0. The third-order valence-corrected chi connectivity index (χ3v) is 6.05. The second-order valence-corrected chi connectivity index (χ2v) is 8.02. The Balaban J connectivity index is 1.18. The van der Waals surface area contributed by atoms with Crippen molar-refractivity contribution in [2.45, 2.75) is 44.3 Å². The van der Waals surface area contributed by atoms with Crippen LogP contribution in [0.5, 0.6) is 11.5 Å². The van der Waals surface area contributed by atoms with Crippen LogP contribution >= 0.6 is 0 Å². The largest absolute Gasteiger partial charge is 0.459 e. The Morgan fingerprint density at radius 3 is 2.52 bits per heavy atom. The third kappa shape index (κ3) is 3.45. The molecule has 1 aromatic carbocycles. The molecule has 1 spiro atoms. The zero-order chi connectivity index (χ0) is 19.8. The molecule has 0 radical (unpaired) electrons. The van der Waals surface area contributed by atoms with Crippen molar-refractivity contribution in [2.24, 2.45) is 5.92 Å². The first-order chi connectivity index (χ1) is 14.1. The van der Waals surface area contributed by atoms with E-state index in [0.717, 1.165) is 31.4 Å². The van der Waals surface area contributed by atoms with Crippen molar-refractivity contribution in [3.05, 3.63) is 42.4 Å². The molecule has 1 saturated heterocycles. The fourth-order valence-electron chi connectivity index (χ4n) is 4.43. The minimum absolute atomic E-state index is 0.0236. The summed E-state index contributed by atoms with van der Waals surface area (Å²) in [4.78, 5) is 26.8. The second-order valence-electron chi connectivity index (χ2n) is 8.02. The van der Waals surface area contributed by atoms with Crippen molar-refractivity contribution < 1.29 is 23.5 Å². The molecule has 1 saturated carbocycles. The maximum absolute atomic E-state index is 12.7. The van der Waals surface area contributed by atoms with Gasteiger partial charge in [-0.15, -0.1) is 0 Å². The molecule has 2 aromatic rings. The van der Waals surface area contributed by atoms with Crippen LogP contribution in [0.3, 0.4) is 0 Å². The van der Waals surface area contributed by atoms with E-state index in [9.17, 15) is 9.59 Å². The van der Waals surface area contributed by atoms with Gasteiger partial charge in [-0.05, 0) is 49.9 Å². The minimum Gasteiger partial charge on any atom is -0.459 e. The molecular weight excluding hydrogens is 372 g/mol. The number of piperidine rings is 1. The van der Waals surface area contributed by atoms with Crippen LogP contribution in [-0.4, -0.2) is 35.6 Å². The number of nitrogens with zero attached hydrogens (tertiary/aromatic N) is 1. The number of furan rings is 1. The summed E-state index contributed by atoms with van der Waals surface area (Å²) < 4.78 is 17.3. The molecule has 152 valence electrons. The molecule has 1 aromatic heterocycles. The smallest absolute Gasteiger partial charge is 0.289 e. The summed E-state index contributed by atoms with van der Waals surface area (Å²) in [5, 5.41) is 3.00. The number of rotatable bonds is 3. The van der Waals surface area contributed by atoms with E-state index in [1.165, 1.54) is 6.26 Å². The Bertz CT molecular complexity index is 909. The Labute approximate surface area is 169 Å². The van der Waals surface area contributed by atoms with Crippen molar-refractivity contribution in [3.63, 3.8) is 0 Å². The molecule has 7 heteroatoms. The van der Waals surface area contributed by atoms with Gasteiger partial charge in [-0.25, -0.2) is 0 Å². The van der Waals surface area contributed by atoms with Gasteiger partial charge in [0.25, 0.3) is 11.7 Å². The average molecular weight is 396 g/mol. The van der Waals surface area contributed by atoms with Crippen LogP contribution < -0.4 is 14.8 Å². The van der Waals surface area contributed by atoms with E-state index in [1.807, 2.05) is 18.2 Å². The summed E-state index contributed by atoms with van der Waals surface area (Å²) in [6, 6.07) is 8.92. The van der Waals surface area contributed by atoms with E-state index in [-0.39, 0.29) is 17.7 Å². The van der Waals surface area contributed by atoms with Crippen molar-refractivity contribution in [1.82, 2.24) is 4.90 Å². The number of benzene rings is 1. The molecule has 29 heavy (non-hydrogen) atoms. The molecule has 2 aliphatic heterocycles. The van der Waals surface area contributed by atoms with Gasteiger partial charge in [0.2, 0.25) is 5.91 Å². The summed E-state index contributed by atoms with van der Waals surface area (Å²) in [6.45, 7) is 1.09. The Morgan fingerprint density at radius 1 is 1.03 bits per heavy atom. The highest BCUT2D eigenvalue weighted by Gasteiger charge is 2.44. The third-order valence-electron chi connectivity index (χ3n) is 6.05. The lowest BCUT2D eigenvalue weighted by atomic mass is 9.95. The van der Waals surface area contributed by atoms with Gasteiger partial charge in [0.05, 0.1) is 6.26 Å². The minimum atomic E-state index is -0.502. The lowest BCUT2D eigenvalue weighted by Gasteiger charge is -2.30. The summed E-state index contributed by atoms with van der Waals surface area (Å²) in [6.07, 6.45) is 6.78. The van der Waals surface area contributed by atoms with Gasteiger partial charge < -0.3 is 24.1 Å². The highest BCUT2D eigenvalue weighted by Crippen LogP contribution is 2.47. The maximum Gasteiger partial charge on any atom is 0.289 e. The van der Waals surface area contributed by atoms with E-state index in [4.69, 9.17) is 13.9 Å². The van der Waals surface area contributed by atoms with Crippen LogP contribution in [0.15, 0.2) is 41.0 Å². The molecule has 0 bridgehead atoms. The van der Waals surface area contributed by atoms with Crippen molar-refractivity contribution in [3.8, 4) is 11.5 Å². The van der Waals surface area contributed by atoms with Crippen molar-refractivity contribution in [2.75, 3.05) is 18.4 Å². The zero-order valence-electron chi connectivity index (χ0n) is 16.2. The zero-order valence-corrected chi connectivity index (χ0v) is 16.2. The van der Waals surface area contributed by atoms with Crippen LogP contribution in [0.2, 0.25) is 0 Å². The van der Waals surface area contributed by atoms with Crippen molar-refractivity contribution in [1.29, 1.82) is 0 Å². The Hall–Kier alpha value is -2.96. The van der Waals surface area contributed by atoms with Crippen LogP contribution in [0.25, 0.3) is 0 Å².